The Bertz CT molecular complexity index is 1710. The number of anilines is 2. The minimum absolute atomic E-state index is 0.0458. The Morgan fingerprint density at radius 2 is 1.75 bits per heavy atom. The molecule has 0 saturated carbocycles. The smallest absolute Gasteiger partial charge is 0.404 e. The van der Waals surface area contributed by atoms with Crippen LogP contribution in [0.4, 0.5) is 24.5 Å². The van der Waals surface area contributed by atoms with E-state index in [2.05, 4.69) is 15.0 Å². The van der Waals surface area contributed by atoms with Gasteiger partial charge in [-0.05, 0) is 68.3 Å². The van der Waals surface area contributed by atoms with Gasteiger partial charge in [0, 0.05) is 19.4 Å². The molecule has 2 aromatic carbocycles. The van der Waals surface area contributed by atoms with E-state index in [9.17, 15) is 13.2 Å². The van der Waals surface area contributed by atoms with E-state index in [1.165, 1.54) is 12.1 Å². The number of nitrogens with one attached hydrogen (secondary N) is 1. The standard InChI is InChI=1S/C30H26F3N5O2/c1-19-21(8-6-14-34-19)36-23-17-25-28(18-24(23)35-20-12-15-39-16-13-20)38(26-9-3-2-7-22(26)37-25)27-10-4-5-11-29(27)40-30(31,32)33/h2-11,14,17-18,20,36H,12-13,15-16H2,1H3. The Labute approximate surface area is 228 Å². The summed E-state index contributed by atoms with van der Waals surface area (Å²) in [5.74, 6) is -0.311. The van der Waals surface area contributed by atoms with Crippen LogP contribution < -0.4 is 15.4 Å². The first kappa shape index (κ1) is 25.8. The number of hydrogen-bond donors (Lipinski definition) is 1. The van der Waals surface area contributed by atoms with Crippen LogP contribution in [0.2, 0.25) is 0 Å². The van der Waals surface area contributed by atoms with Crippen molar-refractivity contribution in [3.05, 3.63) is 90.0 Å². The summed E-state index contributed by atoms with van der Waals surface area (Å²) >= 11 is 0. The van der Waals surface area contributed by atoms with E-state index < -0.39 is 6.36 Å². The van der Waals surface area contributed by atoms with Crippen molar-refractivity contribution in [2.24, 2.45) is 4.99 Å². The first-order valence-electron chi connectivity index (χ1n) is 13.0. The van der Waals surface area contributed by atoms with Crippen molar-refractivity contribution >= 4 is 22.4 Å². The highest BCUT2D eigenvalue weighted by molar-refractivity contribution is 5.85. The van der Waals surface area contributed by atoms with Gasteiger partial charge in [-0.2, -0.15) is 0 Å². The van der Waals surface area contributed by atoms with Gasteiger partial charge in [-0.25, -0.2) is 4.98 Å². The van der Waals surface area contributed by atoms with E-state index >= 15 is 0 Å². The lowest BCUT2D eigenvalue weighted by Crippen LogP contribution is -2.23. The molecule has 204 valence electrons. The molecule has 3 aromatic rings. The van der Waals surface area contributed by atoms with Gasteiger partial charge in [0.2, 0.25) is 0 Å². The summed E-state index contributed by atoms with van der Waals surface area (Å²) in [5.41, 5.74) is 5.03. The molecular formula is C30H26F3N5O2. The zero-order valence-corrected chi connectivity index (χ0v) is 21.7. The van der Waals surface area contributed by atoms with E-state index in [0.717, 1.165) is 29.9 Å². The second-order valence-corrected chi connectivity index (χ2v) is 9.54. The van der Waals surface area contributed by atoms with Gasteiger partial charge in [-0.1, -0.05) is 24.3 Å². The average Bonchev–Trinajstić information content (AvgIpc) is 2.94. The topological polar surface area (TPSA) is 73.6 Å². The van der Waals surface area contributed by atoms with E-state index in [4.69, 9.17) is 14.7 Å². The molecule has 1 aromatic heterocycles. The van der Waals surface area contributed by atoms with Gasteiger partial charge < -0.3 is 19.4 Å². The average molecular weight is 546 g/mol. The predicted octanol–water partition coefficient (Wildman–Crippen LogP) is 6.56. The number of alkyl halides is 3. The van der Waals surface area contributed by atoms with Crippen LogP contribution in [0.1, 0.15) is 18.5 Å². The van der Waals surface area contributed by atoms with Gasteiger partial charge in [0.15, 0.2) is 5.75 Å². The van der Waals surface area contributed by atoms with Crippen molar-refractivity contribution in [3.63, 3.8) is 0 Å². The molecule has 1 aliphatic carbocycles. The summed E-state index contributed by atoms with van der Waals surface area (Å²) in [4.78, 5) is 14.3. The maximum Gasteiger partial charge on any atom is 0.573 e. The van der Waals surface area contributed by atoms with E-state index in [-0.39, 0.29) is 17.5 Å². The van der Waals surface area contributed by atoms with Gasteiger partial charge in [0.25, 0.3) is 0 Å². The van der Waals surface area contributed by atoms with Crippen LogP contribution in [0.15, 0.2) is 84.0 Å². The summed E-state index contributed by atoms with van der Waals surface area (Å²) in [6, 6.07) is 21.0. The maximum atomic E-state index is 13.4. The highest BCUT2D eigenvalue weighted by Gasteiger charge is 2.33. The van der Waals surface area contributed by atoms with E-state index in [1.54, 1.807) is 22.9 Å². The van der Waals surface area contributed by atoms with Crippen molar-refractivity contribution in [2.45, 2.75) is 32.2 Å². The second kappa shape index (κ2) is 10.6. The number of aryl methyl sites for hydroxylation is 1. The molecule has 0 amide bonds. The molecule has 6 rings (SSSR count). The SMILES string of the molecule is Cc1ncccc1Nc1cc2nc3ccccc3n(-c3ccccc3OC(F)(F)F)c-2cc1=NC1CCOCC1. The number of ether oxygens (including phenoxy) is 2. The van der Waals surface area contributed by atoms with Gasteiger partial charge >= 0.3 is 6.36 Å². The number of rotatable bonds is 5. The second-order valence-electron chi connectivity index (χ2n) is 9.54. The zero-order valence-electron chi connectivity index (χ0n) is 21.7. The lowest BCUT2D eigenvalue weighted by molar-refractivity contribution is -0.274. The number of aromatic nitrogens is 3. The van der Waals surface area contributed by atoms with Crippen LogP contribution in [-0.2, 0) is 4.74 Å². The largest absolute Gasteiger partial charge is 0.573 e. The Hall–Kier alpha value is -4.44. The van der Waals surface area contributed by atoms with Crippen molar-refractivity contribution in [3.8, 4) is 22.8 Å². The number of nitrogens with zero attached hydrogens (tertiary/aromatic N) is 4. The van der Waals surface area contributed by atoms with Crippen LogP contribution in [0, 0.1) is 6.92 Å². The molecule has 0 spiro atoms. The highest BCUT2D eigenvalue weighted by Crippen LogP contribution is 2.36. The molecule has 3 heterocycles. The zero-order chi connectivity index (χ0) is 27.7. The summed E-state index contributed by atoms with van der Waals surface area (Å²) in [7, 11) is 0. The third-order valence-corrected chi connectivity index (χ3v) is 6.82. The maximum absolute atomic E-state index is 13.4. The number of benzene rings is 3. The van der Waals surface area contributed by atoms with Gasteiger partial charge in [0.1, 0.15) is 0 Å². The molecule has 7 nitrogen and oxygen atoms in total. The highest BCUT2D eigenvalue weighted by atomic mass is 19.4. The molecule has 2 aliphatic heterocycles. The first-order chi connectivity index (χ1) is 19.4. The quantitative estimate of drug-likeness (QED) is 0.254. The molecule has 0 unspecified atom stereocenters. The summed E-state index contributed by atoms with van der Waals surface area (Å²) < 4.78 is 51.9. The Kier molecular flexibility index (Phi) is 6.85. The van der Waals surface area contributed by atoms with Gasteiger partial charge in [0.05, 0.1) is 56.6 Å². The van der Waals surface area contributed by atoms with E-state index in [0.29, 0.717) is 41.0 Å². The molecule has 3 aliphatic rings. The van der Waals surface area contributed by atoms with Crippen LogP contribution >= 0.6 is 0 Å². The third kappa shape index (κ3) is 5.35. The summed E-state index contributed by atoms with van der Waals surface area (Å²) in [5, 5.41) is 4.13. The lowest BCUT2D eigenvalue weighted by Gasteiger charge is -2.23. The summed E-state index contributed by atoms with van der Waals surface area (Å²) in [6.45, 7) is 3.16. The number of para-hydroxylation sites is 4. The molecule has 0 radical (unpaired) electrons. The fourth-order valence-corrected chi connectivity index (χ4v) is 4.93. The van der Waals surface area contributed by atoms with Crippen LogP contribution in [-0.4, -0.2) is 40.2 Å². The molecule has 1 fully saturated rings. The molecule has 1 N–H and O–H groups in total. The Morgan fingerprint density at radius 1 is 0.975 bits per heavy atom. The minimum Gasteiger partial charge on any atom is -0.404 e. The monoisotopic (exact) mass is 545 g/mol. The Balaban J connectivity index is 1.64. The van der Waals surface area contributed by atoms with Crippen molar-refractivity contribution in [2.75, 3.05) is 18.5 Å². The van der Waals surface area contributed by atoms with Gasteiger partial charge in [-0.15, -0.1) is 13.2 Å². The normalized spacial score (nSPS) is 15.1. The first-order valence-corrected chi connectivity index (χ1v) is 13.0. The number of pyridine rings is 1. The van der Waals surface area contributed by atoms with Crippen molar-refractivity contribution in [1.29, 1.82) is 0 Å². The van der Waals surface area contributed by atoms with Crippen molar-refractivity contribution in [1.82, 2.24) is 14.5 Å². The third-order valence-electron chi connectivity index (χ3n) is 6.82. The van der Waals surface area contributed by atoms with Gasteiger partial charge in [-0.3, -0.25) is 9.98 Å². The minimum atomic E-state index is -4.85. The van der Waals surface area contributed by atoms with Crippen LogP contribution in [0.3, 0.4) is 0 Å². The fraction of sp³-hybridized carbons (Fsp3) is 0.233. The molecule has 1 saturated heterocycles. The molecule has 0 bridgehead atoms. The number of hydrogen-bond acceptors (Lipinski definition) is 6. The Morgan fingerprint density at radius 3 is 2.55 bits per heavy atom. The predicted molar refractivity (Wildman–Crippen MR) is 146 cm³/mol. The summed E-state index contributed by atoms with van der Waals surface area (Å²) in [6.07, 6.45) is -1.56. The molecular weight excluding hydrogens is 519 g/mol. The van der Waals surface area contributed by atoms with E-state index in [1.807, 2.05) is 55.5 Å². The van der Waals surface area contributed by atoms with Crippen molar-refractivity contribution < 1.29 is 22.6 Å². The lowest BCUT2D eigenvalue weighted by atomic mass is 10.1. The number of halogens is 3. The number of fused-ring (bicyclic) bond motifs is 2. The van der Waals surface area contributed by atoms with Crippen LogP contribution in [0.5, 0.6) is 5.75 Å². The van der Waals surface area contributed by atoms with Crippen LogP contribution in [0.25, 0.3) is 28.1 Å². The fourth-order valence-electron chi connectivity index (χ4n) is 4.93. The molecule has 0 atom stereocenters. The molecule has 10 heteroatoms. The molecule has 40 heavy (non-hydrogen) atoms.